The second kappa shape index (κ2) is 7.83. The van der Waals surface area contributed by atoms with Crippen LogP contribution < -0.4 is 0 Å². The maximum atomic E-state index is 12.6. The minimum absolute atomic E-state index is 0.0649. The largest absolute Gasteiger partial charge is 0.461 e. The first-order valence-electron chi connectivity index (χ1n) is 9.11. The van der Waals surface area contributed by atoms with Crippen molar-refractivity contribution in [3.05, 3.63) is 71.8 Å². The Hall–Kier alpha value is -2.13. The van der Waals surface area contributed by atoms with E-state index in [9.17, 15) is 4.79 Å². The lowest BCUT2D eigenvalue weighted by Gasteiger charge is -2.33. The minimum atomic E-state index is -0.0778. The molecule has 1 aliphatic heterocycles. The standard InChI is InChI=1S/C22H27NO2/c1-16-14-21(22(24)25-15-19-10-6-4-7-11-19)18(3)23(16)17(2)20-12-8-5-9-13-20/h4-13,16-18,21H,14-15H2,1-3H3/t16-,17-,18+,21+/m0/s1. The van der Waals surface area contributed by atoms with Gasteiger partial charge in [-0.2, -0.15) is 0 Å². The van der Waals surface area contributed by atoms with Gasteiger partial charge in [0.25, 0.3) is 0 Å². The summed E-state index contributed by atoms with van der Waals surface area (Å²) in [6.07, 6.45) is 0.853. The molecule has 0 saturated carbocycles. The molecule has 0 aliphatic carbocycles. The van der Waals surface area contributed by atoms with Gasteiger partial charge < -0.3 is 4.74 Å². The van der Waals surface area contributed by atoms with Gasteiger partial charge in [0, 0.05) is 18.1 Å². The summed E-state index contributed by atoms with van der Waals surface area (Å²) in [7, 11) is 0. The number of likely N-dealkylation sites (tertiary alicyclic amines) is 1. The van der Waals surface area contributed by atoms with Gasteiger partial charge in [-0.25, -0.2) is 0 Å². The number of hydrogen-bond donors (Lipinski definition) is 0. The van der Waals surface area contributed by atoms with Crippen LogP contribution in [0.2, 0.25) is 0 Å². The maximum absolute atomic E-state index is 12.6. The number of carbonyl (C=O) groups is 1. The second-order valence-electron chi connectivity index (χ2n) is 7.06. The fourth-order valence-corrected chi connectivity index (χ4v) is 4.06. The van der Waals surface area contributed by atoms with Gasteiger partial charge in [0.15, 0.2) is 0 Å². The highest BCUT2D eigenvalue weighted by molar-refractivity contribution is 5.73. The minimum Gasteiger partial charge on any atom is -0.461 e. The topological polar surface area (TPSA) is 29.5 Å². The third-order valence-electron chi connectivity index (χ3n) is 5.41. The zero-order valence-electron chi connectivity index (χ0n) is 15.3. The van der Waals surface area contributed by atoms with Crippen molar-refractivity contribution in [2.24, 2.45) is 5.92 Å². The van der Waals surface area contributed by atoms with Crippen LogP contribution in [0.5, 0.6) is 0 Å². The highest BCUT2D eigenvalue weighted by Crippen LogP contribution is 2.37. The monoisotopic (exact) mass is 337 g/mol. The van der Waals surface area contributed by atoms with E-state index in [4.69, 9.17) is 4.74 Å². The molecule has 0 amide bonds. The van der Waals surface area contributed by atoms with Crippen LogP contribution in [0.4, 0.5) is 0 Å². The van der Waals surface area contributed by atoms with Gasteiger partial charge in [-0.15, -0.1) is 0 Å². The first-order valence-corrected chi connectivity index (χ1v) is 9.11. The van der Waals surface area contributed by atoms with E-state index < -0.39 is 0 Å². The van der Waals surface area contributed by atoms with Crippen LogP contribution in [0.25, 0.3) is 0 Å². The normalized spacial score (nSPS) is 24.8. The summed E-state index contributed by atoms with van der Waals surface area (Å²) in [6, 6.07) is 21.2. The number of ether oxygens (including phenoxy) is 1. The molecule has 1 fully saturated rings. The smallest absolute Gasteiger partial charge is 0.310 e. The van der Waals surface area contributed by atoms with Crippen molar-refractivity contribution in [3.8, 4) is 0 Å². The molecular formula is C22H27NO2. The third kappa shape index (κ3) is 3.93. The molecule has 2 aromatic rings. The summed E-state index contributed by atoms with van der Waals surface area (Å²) in [5, 5.41) is 0. The summed E-state index contributed by atoms with van der Waals surface area (Å²) >= 11 is 0. The molecule has 1 heterocycles. The number of benzene rings is 2. The van der Waals surface area contributed by atoms with Gasteiger partial charge in [-0.3, -0.25) is 9.69 Å². The van der Waals surface area contributed by atoms with Crippen molar-refractivity contribution in [1.82, 2.24) is 4.90 Å². The van der Waals surface area contributed by atoms with Crippen molar-refractivity contribution in [2.45, 2.75) is 51.9 Å². The van der Waals surface area contributed by atoms with E-state index in [1.54, 1.807) is 0 Å². The van der Waals surface area contributed by atoms with Gasteiger partial charge in [-0.05, 0) is 38.3 Å². The number of rotatable bonds is 5. The number of esters is 1. The second-order valence-corrected chi connectivity index (χ2v) is 7.06. The van der Waals surface area contributed by atoms with Crippen molar-refractivity contribution >= 4 is 5.97 Å². The molecule has 4 atom stereocenters. The Morgan fingerprint density at radius 1 is 1.08 bits per heavy atom. The molecule has 2 aromatic carbocycles. The number of nitrogens with zero attached hydrogens (tertiary/aromatic N) is 1. The first kappa shape index (κ1) is 17.7. The van der Waals surface area contributed by atoms with Crippen molar-refractivity contribution in [1.29, 1.82) is 0 Å². The molecule has 0 N–H and O–H groups in total. The fourth-order valence-electron chi connectivity index (χ4n) is 4.06. The van der Waals surface area contributed by atoms with Crippen LogP contribution in [-0.2, 0) is 16.1 Å². The third-order valence-corrected chi connectivity index (χ3v) is 5.41. The summed E-state index contributed by atoms with van der Waals surface area (Å²) in [5.74, 6) is -0.143. The van der Waals surface area contributed by atoms with Crippen LogP contribution in [0.1, 0.15) is 44.4 Å². The molecule has 1 aliphatic rings. The number of hydrogen-bond acceptors (Lipinski definition) is 3. The van der Waals surface area contributed by atoms with Crippen LogP contribution in [-0.4, -0.2) is 23.0 Å². The molecule has 25 heavy (non-hydrogen) atoms. The van der Waals surface area contributed by atoms with E-state index in [-0.39, 0.29) is 24.0 Å². The Balaban J connectivity index is 1.65. The van der Waals surface area contributed by atoms with Crippen LogP contribution >= 0.6 is 0 Å². The quantitative estimate of drug-likeness (QED) is 0.747. The molecule has 3 rings (SSSR count). The SMILES string of the molecule is C[C@@H]1[C@H](C(=O)OCc2ccccc2)C[C@H](C)N1[C@@H](C)c1ccccc1. The highest BCUT2D eigenvalue weighted by Gasteiger charge is 2.43. The zero-order chi connectivity index (χ0) is 17.8. The van der Waals surface area contributed by atoms with Crippen LogP contribution in [0, 0.1) is 5.92 Å². The summed E-state index contributed by atoms with van der Waals surface area (Å²) in [5.41, 5.74) is 2.32. The van der Waals surface area contributed by atoms with Gasteiger partial charge in [-0.1, -0.05) is 60.7 Å². The predicted molar refractivity (Wildman–Crippen MR) is 100.0 cm³/mol. The Kier molecular flexibility index (Phi) is 5.54. The van der Waals surface area contributed by atoms with E-state index in [0.717, 1.165) is 12.0 Å². The van der Waals surface area contributed by atoms with Gasteiger partial charge in [0.2, 0.25) is 0 Å². The molecule has 0 radical (unpaired) electrons. The summed E-state index contributed by atoms with van der Waals surface area (Å²) < 4.78 is 5.60. The van der Waals surface area contributed by atoms with E-state index in [1.807, 2.05) is 36.4 Å². The average molecular weight is 337 g/mol. The molecule has 3 heteroatoms. The Morgan fingerprint density at radius 2 is 1.68 bits per heavy atom. The zero-order valence-corrected chi connectivity index (χ0v) is 15.3. The number of carbonyl (C=O) groups excluding carboxylic acids is 1. The van der Waals surface area contributed by atoms with Crippen molar-refractivity contribution in [3.63, 3.8) is 0 Å². The van der Waals surface area contributed by atoms with Crippen LogP contribution in [0.15, 0.2) is 60.7 Å². The lowest BCUT2D eigenvalue weighted by atomic mass is 10.00. The molecule has 132 valence electrons. The van der Waals surface area contributed by atoms with Crippen molar-refractivity contribution in [2.75, 3.05) is 0 Å². The predicted octanol–water partition coefficient (Wildman–Crippen LogP) is 4.59. The average Bonchev–Trinajstić information content (AvgIpc) is 2.95. The molecule has 3 nitrogen and oxygen atoms in total. The molecule has 0 bridgehead atoms. The lowest BCUT2D eigenvalue weighted by Crippen LogP contribution is -2.38. The maximum Gasteiger partial charge on any atom is 0.310 e. The van der Waals surface area contributed by atoms with Gasteiger partial charge in [0.05, 0.1) is 5.92 Å². The molecule has 0 aromatic heterocycles. The molecular weight excluding hydrogens is 310 g/mol. The Morgan fingerprint density at radius 3 is 2.32 bits per heavy atom. The van der Waals surface area contributed by atoms with Gasteiger partial charge in [0.1, 0.15) is 6.61 Å². The van der Waals surface area contributed by atoms with E-state index in [2.05, 4.69) is 49.9 Å². The first-order chi connectivity index (χ1) is 12.1. The van der Waals surface area contributed by atoms with E-state index in [0.29, 0.717) is 12.6 Å². The molecule has 0 spiro atoms. The van der Waals surface area contributed by atoms with E-state index in [1.165, 1.54) is 5.56 Å². The van der Waals surface area contributed by atoms with Crippen molar-refractivity contribution < 1.29 is 9.53 Å². The summed E-state index contributed by atoms with van der Waals surface area (Å²) in [4.78, 5) is 15.1. The Bertz CT molecular complexity index is 686. The van der Waals surface area contributed by atoms with Gasteiger partial charge >= 0.3 is 5.97 Å². The molecule has 0 unspecified atom stereocenters. The fraction of sp³-hybridized carbons (Fsp3) is 0.409. The summed E-state index contributed by atoms with van der Waals surface area (Å²) in [6.45, 7) is 6.93. The highest BCUT2D eigenvalue weighted by atomic mass is 16.5. The van der Waals surface area contributed by atoms with E-state index >= 15 is 0 Å². The lowest BCUT2D eigenvalue weighted by molar-refractivity contribution is -0.150. The van der Waals surface area contributed by atoms with Crippen LogP contribution in [0.3, 0.4) is 0 Å². The molecule has 1 saturated heterocycles. The Labute approximate surface area is 150 Å².